The number of nitrogens with two attached hydrogens (primary N) is 1. The van der Waals surface area contributed by atoms with Crippen molar-refractivity contribution in [2.24, 2.45) is 5.92 Å². The number of hydrogen-bond donors (Lipinski definition) is 1. The molecule has 0 aliphatic carbocycles. The largest absolute Gasteiger partial charge is 0.465 e. The van der Waals surface area contributed by atoms with Gasteiger partial charge in [-0.25, -0.2) is 0 Å². The summed E-state index contributed by atoms with van der Waals surface area (Å²) in [7, 11) is 0. The molecular weight excluding hydrogens is 226 g/mol. The Balaban J connectivity index is 2.42. The molecule has 1 atom stereocenters. The van der Waals surface area contributed by atoms with E-state index in [4.69, 9.17) is 10.5 Å². The van der Waals surface area contributed by atoms with Gasteiger partial charge in [-0.3, -0.25) is 4.79 Å². The maximum absolute atomic E-state index is 11.8. The fourth-order valence-corrected chi connectivity index (χ4v) is 1.75. The lowest BCUT2D eigenvalue weighted by molar-refractivity contribution is -0.145. The van der Waals surface area contributed by atoms with Crippen LogP contribution in [-0.4, -0.2) is 12.6 Å². The highest BCUT2D eigenvalue weighted by Crippen LogP contribution is 2.19. The second-order valence-electron chi connectivity index (χ2n) is 5.10. The first-order valence-corrected chi connectivity index (χ1v) is 6.52. The highest BCUT2D eigenvalue weighted by Gasteiger charge is 2.16. The Labute approximate surface area is 109 Å². The van der Waals surface area contributed by atoms with Gasteiger partial charge in [-0.05, 0) is 43.4 Å². The number of carbonyl (C=O) groups excluding carboxylic acids is 1. The Morgan fingerprint density at radius 2 is 2.06 bits per heavy atom. The number of esters is 1. The van der Waals surface area contributed by atoms with Crippen LogP contribution < -0.4 is 5.73 Å². The lowest BCUT2D eigenvalue weighted by atomic mass is 10.0. The Hall–Kier alpha value is -1.51. The maximum Gasteiger partial charge on any atom is 0.313 e. The van der Waals surface area contributed by atoms with E-state index in [0.29, 0.717) is 18.2 Å². The average molecular weight is 249 g/mol. The molecule has 0 fully saturated rings. The van der Waals surface area contributed by atoms with Crippen molar-refractivity contribution < 1.29 is 9.53 Å². The second kappa shape index (κ2) is 7.04. The van der Waals surface area contributed by atoms with E-state index < -0.39 is 0 Å². The smallest absolute Gasteiger partial charge is 0.313 e. The first kappa shape index (κ1) is 14.6. The number of anilines is 1. The third-order valence-electron chi connectivity index (χ3n) is 2.93. The first-order chi connectivity index (χ1) is 8.50. The van der Waals surface area contributed by atoms with Gasteiger partial charge in [0.15, 0.2) is 0 Å². The lowest BCUT2D eigenvalue weighted by Crippen LogP contribution is -2.14. The van der Waals surface area contributed by atoms with Gasteiger partial charge in [0.2, 0.25) is 0 Å². The van der Waals surface area contributed by atoms with Crippen LogP contribution >= 0.6 is 0 Å². The maximum atomic E-state index is 11.8. The molecule has 0 heterocycles. The molecule has 100 valence electrons. The van der Waals surface area contributed by atoms with Crippen molar-refractivity contribution in [1.29, 1.82) is 0 Å². The average Bonchev–Trinajstić information content (AvgIpc) is 2.33. The van der Waals surface area contributed by atoms with E-state index in [-0.39, 0.29) is 11.9 Å². The molecule has 1 aromatic rings. The van der Waals surface area contributed by atoms with E-state index in [0.717, 1.165) is 18.4 Å². The van der Waals surface area contributed by atoms with Crippen LogP contribution in [0.3, 0.4) is 0 Å². The van der Waals surface area contributed by atoms with Gasteiger partial charge in [0.25, 0.3) is 0 Å². The van der Waals surface area contributed by atoms with E-state index in [1.807, 2.05) is 31.2 Å². The number of benzene rings is 1. The molecule has 0 amide bonds. The minimum Gasteiger partial charge on any atom is -0.465 e. The van der Waals surface area contributed by atoms with Crippen molar-refractivity contribution in [2.75, 3.05) is 12.3 Å². The summed E-state index contributed by atoms with van der Waals surface area (Å²) in [5.74, 6) is 0.215. The molecule has 0 aromatic heterocycles. The molecule has 0 aliphatic rings. The van der Waals surface area contributed by atoms with Gasteiger partial charge in [0.1, 0.15) is 0 Å². The van der Waals surface area contributed by atoms with E-state index in [2.05, 4.69) is 13.8 Å². The van der Waals surface area contributed by atoms with Crippen LogP contribution in [0.15, 0.2) is 24.3 Å². The molecule has 1 aromatic carbocycles. The molecule has 0 bridgehead atoms. The molecule has 1 rings (SSSR count). The van der Waals surface area contributed by atoms with Crippen molar-refractivity contribution in [3.8, 4) is 0 Å². The summed E-state index contributed by atoms with van der Waals surface area (Å²) in [6.45, 7) is 6.68. The third kappa shape index (κ3) is 4.78. The van der Waals surface area contributed by atoms with Crippen LogP contribution in [0.5, 0.6) is 0 Å². The Bertz CT molecular complexity index is 388. The summed E-state index contributed by atoms with van der Waals surface area (Å²) >= 11 is 0. The van der Waals surface area contributed by atoms with Gasteiger partial charge >= 0.3 is 5.97 Å². The van der Waals surface area contributed by atoms with Crippen molar-refractivity contribution in [1.82, 2.24) is 0 Å². The Kier molecular flexibility index (Phi) is 5.69. The van der Waals surface area contributed by atoms with Crippen LogP contribution in [0.2, 0.25) is 0 Å². The van der Waals surface area contributed by atoms with Gasteiger partial charge < -0.3 is 10.5 Å². The van der Waals surface area contributed by atoms with E-state index in [1.54, 1.807) is 0 Å². The van der Waals surface area contributed by atoms with Crippen LogP contribution in [0.4, 0.5) is 5.69 Å². The summed E-state index contributed by atoms with van der Waals surface area (Å²) in [6.07, 6.45) is 2.01. The predicted molar refractivity (Wildman–Crippen MR) is 74.3 cm³/mol. The second-order valence-corrected chi connectivity index (χ2v) is 5.10. The number of carbonyl (C=O) groups is 1. The topological polar surface area (TPSA) is 52.3 Å². The lowest BCUT2D eigenvalue weighted by Gasteiger charge is -2.12. The Morgan fingerprint density at radius 1 is 1.33 bits per heavy atom. The molecule has 0 spiro atoms. The van der Waals surface area contributed by atoms with Crippen LogP contribution in [0.1, 0.15) is 45.1 Å². The molecule has 0 radical (unpaired) electrons. The zero-order chi connectivity index (χ0) is 13.5. The van der Waals surface area contributed by atoms with Gasteiger partial charge in [-0.15, -0.1) is 0 Å². The fourth-order valence-electron chi connectivity index (χ4n) is 1.75. The monoisotopic (exact) mass is 249 g/mol. The quantitative estimate of drug-likeness (QED) is 0.478. The van der Waals surface area contributed by atoms with Gasteiger partial charge in [0, 0.05) is 5.69 Å². The van der Waals surface area contributed by atoms with Crippen molar-refractivity contribution in [3.63, 3.8) is 0 Å². The summed E-state index contributed by atoms with van der Waals surface area (Å²) in [5, 5.41) is 0. The van der Waals surface area contributed by atoms with Gasteiger partial charge in [-0.1, -0.05) is 26.0 Å². The molecule has 2 N–H and O–H groups in total. The molecular formula is C15H23NO2. The SMILES string of the molecule is CC(C)CCCOC(=O)C(C)c1cccc(N)c1. The number of hydrogen-bond acceptors (Lipinski definition) is 3. The van der Waals surface area contributed by atoms with Crippen molar-refractivity contribution >= 4 is 11.7 Å². The minimum atomic E-state index is -0.257. The molecule has 1 unspecified atom stereocenters. The van der Waals surface area contributed by atoms with Crippen LogP contribution in [0.25, 0.3) is 0 Å². The summed E-state index contributed by atoms with van der Waals surface area (Å²) < 4.78 is 5.27. The summed E-state index contributed by atoms with van der Waals surface area (Å²) in [6, 6.07) is 7.38. The zero-order valence-electron chi connectivity index (χ0n) is 11.5. The van der Waals surface area contributed by atoms with Crippen LogP contribution in [0, 0.1) is 5.92 Å². The number of nitrogen functional groups attached to an aromatic ring is 1. The fraction of sp³-hybridized carbons (Fsp3) is 0.533. The molecule has 3 nitrogen and oxygen atoms in total. The van der Waals surface area contributed by atoms with E-state index >= 15 is 0 Å². The normalized spacial score (nSPS) is 12.4. The van der Waals surface area contributed by atoms with Gasteiger partial charge in [-0.2, -0.15) is 0 Å². The van der Waals surface area contributed by atoms with Crippen molar-refractivity contribution in [3.05, 3.63) is 29.8 Å². The molecule has 3 heteroatoms. The molecule has 0 saturated heterocycles. The highest BCUT2D eigenvalue weighted by molar-refractivity contribution is 5.78. The van der Waals surface area contributed by atoms with E-state index in [1.165, 1.54) is 0 Å². The van der Waals surface area contributed by atoms with Gasteiger partial charge in [0.05, 0.1) is 12.5 Å². The van der Waals surface area contributed by atoms with Crippen LogP contribution in [-0.2, 0) is 9.53 Å². The molecule has 0 aliphatic heterocycles. The number of ether oxygens (including phenoxy) is 1. The zero-order valence-corrected chi connectivity index (χ0v) is 11.5. The third-order valence-corrected chi connectivity index (χ3v) is 2.93. The summed E-state index contributed by atoms with van der Waals surface area (Å²) in [4.78, 5) is 11.8. The number of rotatable bonds is 6. The Morgan fingerprint density at radius 3 is 2.67 bits per heavy atom. The van der Waals surface area contributed by atoms with E-state index in [9.17, 15) is 4.79 Å². The van der Waals surface area contributed by atoms with Crippen molar-refractivity contribution in [2.45, 2.75) is 39.5 Å². The minimum absolute atomic E-state index is 0.177. The standard InChI is InChI=1S/C15H23NO2/c1-11(2)6-5-9-18-15(17)12(3)13-7-4-8-14(16)10-13/h4,7-8,10-12H,5-6,9,16H2,1-3H3. The highest BCUT2D eigenvalue weighted by atomic mass is 16.5. The summed E-state index contributed by atoms with van der Waals surface area (Å²) in [5.41, 5.74) is 7.28. The first-order valence-electron chi connectivity index (χ1n) is 6.52. The molecule has 18 heavy (non-hydrogen) atoms. The molecule has 0 saturated carbocycles. The predicted octanol–water partition coefficient (Wildman–Crippen LogP) is 3.35.